The SMILES string of the molecule is CCCN(CCO)C(=O)NCc1ccccc1-n1nc(C)cc1C. The molecule has 2 rings (SSSR count). The molecule has 1 aromatic heterocycles. The number of hydrogen-bond acceptors (Lipinski definition) is 3. The highest BCUT2D eigenvalue weighted by Crippen LogP contribution is 2.17. The van der Waals surface area contributed by atoms with Crippen LogP contribution >= 0.6 is 0 Å². The van der Waals surface area contributed by atoms with Gasteiger partial charge in [-0.2, -0.15) is 5.10 Å². The number of aryl methyl sites for hydroxylation is 2. The number of benzene rings is 1. The van der Waals surface area contributed by atoms with Crippen molar-refractivity contribution >= 4 is 6.03 Å². The zero-order chi connectivity index (χ0) is 17.5. The van der Waals surface area contributed by atoms with Gasteiger partial charge in [-0.1, -0.05) is 25.1 Å². The van der Waals surface area contributed by atoms with Gasteiger partial charge in [-0.15, -0.1) is 0 Å². The molecule has 0 saturated carbocycles. The third kappa shape index (κ3) is 4.35. The second-order valence-corrected chi connectivity index (χ2v) is 5.84. The van der Waals surface area contributed by atoms with Crippen molar-refractivity contribution in [3.8, 4) is 5.69 Å². The molecule has 0 atom stereocenters. The molecule has 0 bridgehead atoms. The molecule has 0 saturated heterocycles. The second-order valence-electron chi connectivity index (χ2n) is 5.84. The highest BCUT2D eigenvalue weighted by molar-refractivity contribution is 5.74. The van der Waals surface area contributed by atoms with E-state index in [2.05, 4.69) is 10.4 Å². The van der Waals surface area contributed by atoms with Gasteiger partial charge in [-0.3, -0.25) is 0 Å². The molecule has 0 radical (unpaired) electrons. The van der Waals surface area contributed by atoms with Gasteiger partial charge in [-0.05, 0) is 38.0 Å². The Bertz CT molecular complexity index is 675. The van der Waals surface area contributed by atoms with E-state index in [9.17, 15) is 4.79 Å². The van der Waals surface area contributed by atoms with Gasteiger partial charge in [0.05, 0.1) is 18.0 Å². The van der Waals surface area contributed by atoms with Crippen LogP contribution in [0.25, 0.3) is 5.69 Å². The molecule has 0 fully saturated rings. The van der Waals surface area contributed by atoms with Gasteiger partial charge < -0.3 is 15.3 Å². The maximum Gasteiger partial charge on any atom is 0.317 e. The Balaban J connectivity index is 2.13. The number of carbonyl (C=O) groups excluding carboxylic acids is 1. The van der Waals surface area contributed by atoms with Crippen molar-refractivity contribution in [2.24, 2.45) is 0 Å². The molecule has 0 unspecified atom stereocenters. The van der Waals surface area contributed by atoms with Gasteiger partial charge in [0, 0.05) is 25.3 Å². The summed E-state index contributed by atoms with van der Waals surface area (Å²) in [6, 6.07) is 9.77. The summed E-state index contributed by atoms with van der Waals surface area (Å²) in [6.45, 7) is 7.35. The Morgan fingerprint density at radius 1 is 1.29 bits per heavy atom. The van der Waals surface area contributed by atoms with Crippen LogP contribution in [0.5, 0.6) is 0 Å². The van der Waals surface area contributed by atoms with E-state index in [1.807, 2.05) is 55.8 Å². The van der Waals surface area contributed by atoms with E-state index in [1.165, 1.54) is 0 Å². The molecule has 2 aromatic rings. The van der Waals surface area contributed by atoms with Crippen molar-refractivity contribution < 1.29 is 9.90 Å². The summed E-state index contributed by atoms with van der Waals surface area (Å²) in [7, 11) is 0. The highest BCUT2D eigenvalue weighted by atomic mass is 16.3. The Kier molecular flexibility index (Phi) is 6.37. The van der Waals surface area contributed by atoms with Crippen LogP contribution < -0.4 is 5.32 Å². The average Bonchev–Trinajstić information content (AvgIpc) is 2.91. The summed E-state index contributed by atoms with van der Waals surface area (Å²) in [4.78, 5) is 13.9. The number of aromatic nitrogens is 2. The fourth-order valence-electron chi connectivity index (χ4n) is 2.73. The Labute approximate surface area is 143 Å². The fourth-order valence-corrected chi connectivity index (χ4v) is 2.73. The van der Waals surface area contributed by atoms with Crippen LogP contribution in [0.3, 0.4) is 0 Å². The van der Waals surface area contributed by atoms with E-state index in [0.29, 0.717) is 19.6 Å². The van der Waals surface area contributed by atoms with Crippen LogP contribution in [0.1, 0.15) is 30.3 Å². The van der Waals surface area contributed by atoms with Crippen molar-refractivity contribution in [3.63, 3.8) is 0 Å². The lowest BCUT2D eigenvalue weighted by Gasteiger charge is -2.22. The first-order chi connectivity index (χ1) is 11.6. The molecule has 0 aliphatic rings. The molecular weight excluding hydrogens is 304 g/mol. The van der Waals surface area contributed by atoms with Crippen LogP contribution in [0.2, 0.25) is 0 Å². The minimum Gasteiger partial charge on any atom is -0.395 e. The summed E-state index contributed by atoms with van der Waals surface area (Å²) in [5.41, 5.74) is 3.98. The number of nitrogens with zero attached hydrogens (tertiary/aromatic N) is 3. The van der Waals surface area contributed by atoms with Crippen LogP contribution in [0, 0.1) is 13.8 Å². The Morgan fingerprint density at radius 3 is 2.67 bits per heavy atom. The number of rotatable bonds is 7. The molecule has 6 heteroatoms. The van der Waals surface area contributed by atoms with E-state index in [1.54, 1.807) is 4.90 Å². The van der Waals surface area contributed by atoms with Crippen LogP contribution in [0.15, 0.2) is 30.3 Å². The van der Waals surface area contributed by atoms with E-state index < -0.39 is 0 Å². The number of hydrogen-bond donors (Lipinski definition) is 2. The number of urea groups is 1. The molecule has 0 aliphatic carbocycles. The summed E-state index contributed by atoms with van der Waals surface area (Å²) in [6.07, 6.45) is 0.857. The zero-order valence-corrected chi connectivity index (χ0v) is 14.6. The third-order valence-corrected chi connectivity index (χ3v) is 3.81. The first kappa shape index (κ1) is 18.0. The van der Waals surface area contributed by atoms with Gasteiger partial charge >= 0.3 is 6.03 Å². The van der Waals surface area contributed by atoms with E-state index in [0.717, 1.165) is 29.1 Å². The molecular formula is C18H26N4O2. The quantitative estimate of drug-likeness (QED) is 0.819. The lowest BCUT2D eigenvalue weighted by molar-refractivity contribution is 0.177. The first-order valence-electron chi connectivity index (χ1n) is 8.32. The highest BCUT2D eigenvalue weighted by Gasteiger charge is 2.13. The standard InChI is InChI=1S/C18H26N4O2/c1-4-9-21(10-11-23)18(24)19-13-16-7-5-6-8-17(16)22-15(3)12-14(2)20-22/h5-8,12,23H,4,9-11,13H2,1-3H3,(H,19,24). The number of nitrogens with one attached hydrogen (secondary N) is 1. The normalized spacial score (nSPS) is 10.7. The molecule has 24 heavy (non-hydrogen) atoms. The van der Waals surface area contributed by atoms with Gasteiger partial charge in [0.1, 0.15) is 0 Å². The predicted molar refractivity (Wildman–Crippen MR) is 94.2 cm³/mol. The van der Waals surface area contributed by atoms with Crippen molar-refractivity contribution in [2.75, 3.05) is 19.7 Å². The minimum absolute atomic E-state index is 0.0320. The fraction of sp³-hybridized carbons (Fsp3) is 0.444. The third-order valence-electron chi connectivity index (χ3n) is 3.81. The second kappa shape index (κ2) is 8.49. The van der Waals surface area contributed by atoms with Gasteiger partial charge in [-0.25, -0.2) is 9.48 Å². The molecule has 1 heterocycles. The lowest BCUT2D eigenvalue weighted by Crippen LogP contribution is -2.41. The maximum atomic E-state index is 12.3. The molecule has 2 amide bonds. The number of carbonyl (C=O) groups is 1. The predicted octanol–water partition coefficient (Wildman–Crippen LogP) is 2.40. The lowest BCUT2D eigenvalue weighted by atomic mass is 10.1. The molecule has 6 nitrogen and oxygen atoms in total. The van der Waals surface area contributed by atoms with E-state index >= 15 is 0 Å². The largest absolute Gasteiger partial charge is 0.395 e. The topological polar surface area (TPSA) is 70.4 Å². The van der Waals surface area contributed by atoms with Gasteiger partial charge in [0.2, 0.25) is 0 Å². The summed E-state index contributed by atoms with van der Waals surface area (Å²) >= 11 is 0. The Hall–Kier alpha value is -2.34. The summed E-state index contributed by atoms with van der Waals surface area (Å²) < 4.78 is 1.90. The minimum atomic E-state index is -0.158. The van der Waals surface area contributed by atoms with Crippen LogP contribution in [0.4, 0.5) is 4.79 Å². The molecule has 1 aromatic carbocycles. The average molecular weight is 330 g/mol. The van der Waals surface area contributed by atoms with Crippen molar-refractivity contribution in [3.05, 3.63) is 47.3 Å². The molecule has 130 valence electrons. The smallest absolute Gasteiger partial charge is 0.317 e. The number of aliphatic hydroxyl groups is 1. The van der Waals surface area contributed by atoms with Crippen molar-refractivity contribution in [1.29, 1.82) is 0 Å². The van der Waals surface area contributed by atoms with Crippen molar-refractivity contribution in [1.82, 2.24) is 20.0 Å². The van der Waals surface area contributed by atoms with Crippen molar-refractivity contribution in [2.45, 2.75) is 33.7 Å². The molecule has 0 aliphatic heterocycles. The molecule has 2 N–H and O–H groups in total. The van der Waals surface area contributed by atoms with E-state index in [4.69, 9.17) is 5.11 Å². The first-order valence-corrected chi connectivity index (χ1v) is 8.32. The van der Waals surface area contributed by atoms with Crippen LogP contribution in [-0.2, 0) is 6.54 Å². The van der Waals surface area contributed by atoms with Crippen LogP contribution in [-0.4, -0.2) is 45.5 Å². The maximum absolute atomic E-state index is 12.3. The number of amides is 2. The summed E-state index contributed by atoms with van der Waals surface area (Å²) in [5, 5.41) is 16.6. The summed E-state index contributed by atoms with van der Waals surface area (Å²) in [5.74, 6) is 0. The van der Waals surface area contributed by atoms with Gasteiger partial charge in [0.25, 0.3) is 0 Å². The number of aliphatic hydroxyl groups excluding tert-OH is 1. The van der Waals surface area contributed by atoms with E-state index in [-0.39, 0.29) is 12.6 Å². The molecule has 0 spiro atoms. The number of para-hydroxylation sites is 1. The zero-order valence-electron chi connectivity index (χ0n) is 14.6. The monoisotopic (exact) mass is 330 g/mol. The Morgan fingerprint density at radius 2 is 2.04 bits per heavy atom. The van der Waals surface area contributed by atoms with Gasteiger partial charge in [0.15, 0.2) is 0 Å².